The first kappa shape index (κ1) is 21.9. The number of nitrogens with one attached hydrogen (secondary N) is 2. The van der Waals surface area contributed by atoms with E-state index >= 15 is 0 Å². The van der Waals surface area contributed by atoms with E-state index in [4.69, 9.17) is 0 Å². The molecule has 2 atom stereocenters. The van der Waals surface area contributed by atoms with Crippen molar-refractivity contribution >= 4 is 35.8 Å². The average Bonchev–Trinajstić information content (AvgIpc) is 3.07. The highest BCUT2D eigenvalue weighted by Gasteiger charge is 2.35. The van der Waals surface area contributed by atoms with Crippen LogP contribution in [0.4, 0.5) is 4.39 Å². The zero-order chi connectivity index (χ0) is 18.4. The van der Waals surface area contributed by atoms with Crippen molar-refractivity contribution in [2.75, 3.05) is 33.2 Å². The molecule has 1 amide bonds. The second-order valence-corrected chi connectivity index (χ2v) is 7.34. The van der Waals surface area contributed by atoms with Crippen LogP contribution < -0.4 is 10.6 Å². The molecule has 0 spiro atoms. The van der Waals surface area contributed by atoms with Gasteiger partial charge in [-0.15, -0.1) is 24.0 Å². The zero-order valence-electron chi connectivity index (χ0n) is 15.9. The molecule has 27 heavy (non-hydrogen) atoms. The summed E-state index contributed by atoms with van der Waals surface area (Å²) in [4.78, 5) is 18.7. The van der Waals surface area contributed by atoms with Crippen molar-refractivity contribution in [2.45, 2.75) is 32.1 Å². The smallest absolute Gasteiger partial charge is 0.224 e. The minimum Gasteiger partial charge on any atom is -0.354 e. The third kappa shape index (κ3) is 6.33. The number of hydrogen-bond acceptors (Lipinski definition) is 2. The van der Waals surface area contributed by atoms with Gasteiger partial charge in [0.25, 0.3) is 0 Å². The number of carbonyl (C=O) groups is 1. The molecule has 1 aromatic rings. The van der Waals surface area contributed by atoms with Crippen molar-refractivity contribution in [1.82, 2.24) is 15.5 Å². The van der Waals surface area contributed by atoms with E-state index in [0.29, 0.717) is 13.1 Å². The maximum Gasteiger partial charge on any atom is 0.224 e. The molecule has 1 aromatic carbocycles. The van der Waals surface area contributed by atoms with Crippen LogP contribution in [0.2, 0.25) is 0 Å². The molecule has 1 aliphatic carbocycles. The van der Waals surface area contributed by atoms with E-state index in [1.807, 2.05) is 7.05 Å². The summed E-state index contributed by atoms with van der Waals surface area (Å²) in [5, 5.41) is 6.26. The average molecular weight is 488 g/mol. The fraction of sp³-hybridized carbons (Fsp3) is 0.600. The topological polar surface area (TPSA) is 56.7 Å². The van der Waals surface area contributed by atoms with Gasteiger partial charge in [0.2, 0.25) is 5.91 Å². The van der Waals surface area contributed by atoms with Crippen LogP contribution >= 0.6 is 24.0 Å². The third-order valence-electron chi connectivity index (χ3n) is 5.50. The molecule has 1 heterocycles. The van der Waals surface area contributed by atoms with Gasteiger partial charge in [0, 0.05) is 33.2 Å². The Hall–Kier alpha value is -1.38. The number of nitrogens with zero attached hydrogens (tertiary/aromatic N) is 2. The first-order valence-electron chi connectivity index (χ1n) is 9.62. The lowest BCUT2D eigenvalue weighted by Crippen LogP contribution is -2.43. The van der Waals surface area contributed by atoms with Gasteiger partial charge < -0.3 is 15.5 Å². The van der Waals surface area contributed by atoms with Crippen LogP contribution in [-0.2, 0) is 11.2 Å². The largest absolute Gasteiger partial charge is 0.354 e. The van der Waals surface area contributed by atoms with E-state index < -0.39 is 0 Å². The van der Waals surface area contributed by atoms with Crippen molar-refractivity contribution in [3.63, 3.8) is 0 Å². The van der Waals surface area contributed by atoms with Gasteiger partial charge in [-0.3, -0.25) is 9.79 Å². The fourth-order valence-electron chi connectivity index (χ4n) is 4.14. The van der Waals surface area contributed by atoms with Crippen LogP contribution in [0, 0.1) is 17.7 Å². The molecule has 2 N–H and O–H groups in total. The SMILES string of the molecule is CN=C(NCCNC(=O)Cc1ccc(F)cc1)N1CC2CCCCC2C1.I. The van der Waals surface area contributed by atoms with Gasteiger partial charge in [-0.2, -0.15) is 0 Å². The van der Waals surface area contributed by atoms with Gasteiger partial charge in [0.15, 0.2) is 5.96 Å². The molecule has 7 heteroatoms. The minimum absolute atomic E-state index is 0. The van der Waals surface area contributed by atoms with Crippen molar-refractivity contribution < 1.29 is 9.18 Å². The number of amides is 1. The first-order valence-corrected chi connectivity index (χ1v) is 9.62. The van der Waals surface area contributed by atoms with E-state index in [0.717, 1.165) is 36.4 Å². The molecule has 0 bridgehead atoms. The first-order chi connectivity index (χ1) is 12.7. The van der Waals surface area contributed by atoms with Crippen LogP contribution in [0.25, 0.3) is 0 Å². The summed E-state index contributed by atoms with van der Waals surface area (Å²) >= 11 is 0. The highest BCUT2D eigenvalue weighted by molar-refractivity contribution is 14.0. The Morgan fingerprint density at radius 2 is 1.70 bits per heavy atom. The molecule has 2 aliphatic rings. The van der Waals surface area contributed by atoms with Crippen molar-refractivity contribution in [1.29, 1.82) is 0 Å². The molecular weight excluding hydrogens is 458 g/mol. The number of hydrogen-bond donors (Lipinski definition) is 2. The molecule has 1 aliphatic heterocycles. The number of rotatable bonds is 5. The summed E-state index contributed by atoms with van der Waals surface area (Å²) in [7, 11) is 1.82. The maximum atomic E-state index is 12.9. The lowest BCUT2D eigenvalue weighted by Gasteiger charge is -2.22. The molecule has 2 unspecified atom stereocenters. The van der Waals surface area contributed by atoms with Gasteiger partial charge in [-0.05, 0) is 42.4 Å². The molecule has 1 saturated carbocycles. The van der Waals surface area contributed by atoms with Gasteiger partial charge in [-0.25, -0.2) is 4.39 Å². The van der Waals surface area contributed by atoms with Gasteiger partial charge in [0.05, 0.1) is 6.42 Å². The van der Waals surface area contributed by atoms with Crippen molar-refractivity contribution in [3.05, 3.63) is 35.6 Å². The van der Waals surface area contributed by atoms with Gasteiger partial charge in [-0.1, -0.05) is 25.0 Å². The Labute approximate surface area is 178 Å². The Balaban J connectivity index is 0.00000261. The molecule has 0 aromatic heterocycles. The molecule has 5 nitrogen and oxygen atoms in total. The second-order valence-electron chi connectivity index (χ2n) is 7.34. The standard InChI is InChI=1S/C20H29FN4O.HI/c1-22-20(25-13-16-4-2-3-5-17(16)14-25)24-11-10-23-19(26)12-15-6-8-18(21)9-7-15;/h6-9,16-17H,2-5,10-14H2,1H3,(H,22,24)(H,23,26);1H. The summed E-state index contributed by atoms with van der Waals surface area (Å²) < 4.78 is 12.9. The van der Waals surface area contributed by atoms with Crippen LogP contribution in [0.5, 0.6) is 0 Å². The van der Waals surface area contributed by atoms with E-state index in [-0.39, 0.29) is 42.1 Å². The summed E-state index contributed by atoms with van der Waals surface area (Å²) in [6.45, 7) is 3.38. The molecular formula is C20H30FIN4O. The summed E-state index contributed by atoms with van der Waals surface area (Å²) in [5.74, 6) is 2.23. The highest BCUT2D eigenvalue weighted by atomic mass is 127. The summed E-state index contributed by atoms with van der Waals surface area (Å²) in [6.07, 6.45) is 5.68. The number of carbonyl (C=O) groups excluding carboxylic acids is 1. The van der Waals surface area contributed by atoms with Crippen LogP contribution in [0.3, 0.4) is 0 Å². The Morgan fingerprint density at radius 1 is 1.11 bits per heavy atom. The van der Waals surface area contributed by atoms with Gasteiger partial charge in [0.1, 0.15) is 5.82 Å². The van der Waals surface area contributed by atoms with Gasteiger partial charge >= 0.3 is 0 Å². The Kier molecular flexibility index (Phi) is 8.79. The number of benzene rings is 1. The van der Waals surface area contributed by atoms with E-state index in [1.54, 1.807) is 12.1 Å². The predicted molar refractivity (Wildman–Crippen MR) is 117 cm³/mol. The van der Waals surface area contributed by atoms with Crippen molar-refractivity contribution in [3.8, 4) is 0 Å². The Morgan fingerprint density at radius 3 is 2.30 bits per heavy atom. The number of aliphatic imine (C=N–C) groups is 1. The molecule has 150 valence electrons. The highest BCUT2D eigenvalue weighted by Crippen LogP contribution is 2.35. The Bertz CT molecular complexity index is 623. The van der Waals surface area contributed by atoms with Crippen molar-refractivity contribution in [2.24, 2.45) is 16.8 Å². The second kappa shape index (κ2) is 10.8. The monoisotopic (exact) mass is 488 g/mol. The van der Waals surface area contributed by atoms with E-state index in [2.05, 4.69) is 20.5 Å². The number of guanidine groups is 1. The lowest BCUT2D eigenvalue weighted by molar-refractivity contribution is -0.120. The van der Waals surface area contributed by atoms with E-state index in [9.17, 15) is 9.18 Å². The number of fused-ring (bicyclic) bond motifs is 1. The summed E-state index contributed by atoms with van der Waals surface area (Å²) in [5.41, 5.74) is 0.812. The summed E-state index contributed by atoms with van der Waals surface area (Å²) in [6, 6.07) is 6.04. The number of likely N-dealkylation sites (tertiary alicyclic amines) is 1. The van der Waals surface area contributed by atoms with Crippen LogP contribution in [0.1, 0.15) is 31.2 Å². The lowest BCUT2D eigenvalue weighted by atomic mass is 9.82. The molecule has 1 saturated heterocycles. The van der Waals surface area contributed by atoms with Crippen LogP contribution in [0.15, 0.2) is 29.3 Å². The minimum atomic E-state index is -0.286. The maximum absolute atomic E-state index is 12.9. The molecule has 0 radical (unpaired) electrons. The fourth-order valence-corrected chi connectivity index (χ4v) is 4.14. The molecule has 2 fully saturated rings. The normalized spacial score (nSPS) is 22.0. The quantitative estimate of drug-likeness (QED) is 0.290. The third-order valence-corrected chi connectivity index (χ3v) is 5.50. The van der Waals surface area contributed by atoms with E-state index in [1.165, 1.54) is 37.8 Å². The van der Waals surface area contributed by atoms with Crippen LogP contribution in [-0.4, -0.2) is 50.0 Å². The predicted octanol–water partition coefficient (Wildman–Crippen LogP) is 2.80. The number of halogens is 2. The molecule has 3 rings (SSSR count). The zero-order valence-corrected chi connectivity index (χ0v) is 18.2.